The summed E-state index contributed by atoms with van der Waals surface area (Å²) in [6, 6.07) is 7.16. The van der Waals surface area contributed by atoms with Gasteiger partial charge in [0.05, 0.1) is 6.54 Å². The number of carbonyl (C=O) groups is 2. The van der Waals surface area contributed by atoms with Crippen molar-refractivity contribution >= 4 is 41.3 Å². The largest absolute Gasteiger partial charge is 0.449 e. The first-order chi connectivity index (χ1) is 9.99. The van der Waals surface area contributed by atoms with Crippen LogP contribution in [-0.2, 0) is 4.79 Å². The number of nitrogens with one attached hydrogen (secondary N) is 1. The Bertz CT molecular complexity index is 521. The Hall–Kier alpha value is -1.09. The highest BCUT2D eigenvalue weighted by molar-refractivity contribution is 14.1. The quantitative estimate of drug-likeness (QED) is 0.589. The van der Waals surface area contributed by atoms with Gasteiger partial charge in [-0.25, -0.2) is 0 Å². The molecule has 1 atom stereocenters. The van der Waals surface area contributed by atoms with E-state index in [0.717, 1.165) is 16.4 Å². The van der Waals surface area contributed by atoms with Crippen LogP contribution in [0.2, 0.25) is 6.82 Å². The molecule has 1 saturated heterocycles. The van der Waals surface area contributed by atoms with Crippen LogP contribution in [0.4, 0.5) is 0 Å². The molecule has 0 bridgehead atoms. The minimum absolute atomic E-state index is 0.0337. The van der Waals surface area contributed by atoms with Gasteiger partial charge in [0.25, 0.3) is 5.91 Å². The summed E-state index contributed by atoms with van der Waals surface area (Å²) in [4.78, 5) is 25.8. The van der Waals surface area contributed by atoms with Crippen molar-refractivity contribution in [3.8, 4) is 0 Å². The van der Waals surface area contributed by atoms with Crippen LogP contribution in [0.5, 0.6) is 0 Å². The molecule has 1 unspecified atom stereocenters. The molecule has 2 rings (SSSR count). The molecule has 0 aliphatic carbocycles. The monoisotopic (exact) mass is 400 g/mol. The number of carbonyl (C=O) groups excluding carboxylic acids is 2. The van der Waals surface area contributed by atoms with Gasteiger partial charge in [-0.1, -0.05) is 6.82 Å². The molecule has 0 spiro atoms. The first-order valence-corrected chi connectivity index (χ1v) is 8.08. The van der Waals surface area contributed by atoms with Crippen LogP contribution in [0.15, 0.2) is 24.3 Å². The van der Waals surface area contributed by atoms with Gasteiger partial charge in [0.15, 0.2) is 0 Å². The number of nitrogens with zero attached hydrogens (tertiary/aromatic N) is 1. The number of halogens is 1. The molecule has 0 aromatic heterocycles. The van der Waals surface area contributed by atoms with Gasteiger partial charge >= 0.3 is 6.92 Å². The van der Waals surface area contributed by atoms with E-state index in [9.17, 15) is 14.6 Å². The highest BCUT2D eigenvalue weighted by atomic mass is 127. The number of benzene rings is 1. The van der Waals surface area contributed by atoms with Crippen molar-refractivity contribution in [1.82, 2.24) is 10.2 Å². The minimum Gasteiger partial charge on any atom is -0.449 e. The summed E-state index contributed by atoms with van der Waals surface area (Å²) in [7, 11) is 0. The molecule has 21 heavy (non-hydrogen) atoms. The summed E-state index contributed by atoms with van der Waals surface area (Å²) in [6.45, 7) is 1.77. The second-order valence-electron chi connectivity index (χ2n) is 5.23. The third-order valence-corrected chi connectivity index (χ3v) is 4.40. The maximum Gasteiger partial charge on any atom is 0.309 e. The van der Waals surface area contributed by atoms with E-state index < -0.39 is 6.92 Å². The molecular formula is C14H18BIN2O3. The van der Waals surface area contributed by atoms with Crippen molar-refractivity contribution in [2.45, 2.75) is 25.6 Å². The highest BCUT2D eigenvalue weighted by Gasteiger charge is 2.33. The fourth-order valence-corrected chi connectivity index (χ4v) is 2.92. The molecular weight excluding hydrogens is 382 g/mol. The number of rotatable bonds is 4. The lowest BCUT2D eigenvalue weighted by molar-refractivity contribution is -0.129. The molecule has 0 radical (unpaired) electrons. The molecule has 0 saturated carbocycles. The van der Waals surface area contributed by atoms with Crippen molar-refractivity contribution in [2.75, 3.05) is 13.1 Å². The molecule has 1 aromatic carbocycles. The molecule has 1 aromatic rings. The maximum absolute atomic E-state index is 12.1. The third kappa shape index (κ3) is 4.20. The zero-order chi connectivity index (χ0) is 15.4. The van der Waals surface area contributed by atoms with Gasteiger partial charge in [0.2, 0.25) is 5.91 Å². The first kappa shape index (κ1) is 16.3. The lowest BCUT2D eigenvalue weighted by Gasteiger charge is -2.25. The minimum atomic E-state index is -0.539. The maximum atomic E-state index is 12.1. The average Bonchev–Trinajstić information content (AvgIpc) is 2.95. The van der Waals surface area contributed by atoms with Crippen molar-refractivity contribution in [3.05, 3.63) is 33.4 Å². The van der Waals surface area contributed by atoms with Crippen LogP contribution in [0, 0.1) is 3.57 Å². The SMILES string of the molecule is CB(O)C1CCCN1C(=O)CNC(=O)c1ccc(I)cc1. The molecule has 2 amide bonds. The number of hydrogen-bond donors (Lipinski definition) is 2. The standard InChI is InChI=1S/C14H18BIN2O3/c1-15(21)12-3-2-8-18(12)13(19)9-17-14(20)10-4-6-11(16)7-5-10/h4-7,12,21H,2-3,8-9H2,1H3,(H,17,20). The highest BCUT2D eigenvalue weighted by Crippen LogP contribution is 2.18. The van der Waals surface area contributed by atoms with E-state index in [0.29, 0.717) is 12.1 Å². The van der Waals surface area contributed by atoms with E-state index in [1.807, 2.05) is 12.1 Å². The van der Waals surface area contributed by atoms with E-state index >= 15 is 0 Å². The Kier molecular flexibility index (Phi) is 5.63. The van der Waals surface area contributed by atoms with E-state index in [-0.39, 0.29) is 24.3 Å². The van der Waals surface area contributed by atoms with Crippen molar-refractivity contribution in [1.29, 1.82) is 0 Å². The topological polar surface area (TPSA) is 69.6 Å². The van der Waals surface area contributed by atoms with E-state index in [2.05, 4.69) is 27.9 Å². The summed E-state index contributed by atoms with van der Waals surface area (Å²) < 4.78 is 1.05. The van der Waals surface area contributed by atoms with Gasteiger partial charge in [-0.2, -0.15) is 0 Å². The molecule has 5 nitrogen and oxygen atoms in total. The second kappa shape index (κ2) is 7.26. The zero-order valence-corrected chi connectivity index (χ0v) is 14.0. The van der Waals surface area contributed by atoms with Crippen molar-refractivity contribution in [3.63, 3.8) is 0 Å². The molecule has 1 aliphatic rings. The van der Waals surface area contributed by atoms with Gasteiger partial charge in [-0.05, 0) is 59.7 Å². The van der Waals surface area contributed by atoms with Gasteiger partial charge in [0, 0.05) is 21.6 Å². The van der Waals surface area contributed by atoms with Crippen LogP contribution in [0.25, 0.3) is 0 Å². The summed E-state index contributed by atoms with van der Waals surface area (Å²) in [5.41, 5.74) is 0.539. The Labute approximate surface area is 138 Å². The van der Waals surface area contributed by atoms with Crippen LogP contribution in [0.1, 0.15) is 23.2 Å². The Balaban J connectivity index is 1.89. The van der Waals surface area contributed by atoms with E-state index in [4.69, 9.17) is 0 Å². The summed E-state index contributed by atoms with van der Waals surface area (Å²) >= 11 is 2.17. The third-order valence-electron chi connectivity index (χ3n) is 3.68. The van der Waals surface area contributed by atoms with E-state index in [1.165, 1.54) is 0 Å². The normalized spacial score (nSPS) is 17.7. The number of amides is 2. The Morgan fingerprint density at radius 3 is 2.71 bits per heavy atom. The Morgan fingerprint density at radius 1 is 1.43 bits per heavy atom. The predicted molar refractivity (Wildman–Crippen MR) is 90.1 cm³/mol. The van der Waals surface area contributed by atoms with Crippen LogP contribution < -0.4 is 5.32 Å². The van der Waals surface area contributed by atoms with Gasteiger partial charge in [-0.15, -0.1) is 0 Å². The molecule has 1 heterocycles. The first-order valence-electron chi connectivity index (χ1n) is 7.00. The van der Waals surface area contributed by atoms with Crippen molar-refractivity contribution < 1.29 is 14.6 Å². The van der Waals surface area contributed by atoms with E-state index in [1.54, 1.807) is 23.9 Å². The molecule has 1 aliphatic heterocycles. The van der Waals surface area contributed by atoms with Crippen LogP contribution in [-0.4, -0.2) is 47.7 Å². The smallest absolute Gasteiger partial charge is 0.309 e. The fraction of sp³-hybridized carbons (Fsp3) is 0.429. The van der Waals surface area contributed by atoms with Crippen molar-refractivity contribution in [2.24, 2.45) is 0 Å². The molecule has 1 fully saturated rings. The fourth-order valence-electron chi connectivity index (χ4n) is 2.56. The van der Waals surface area contributed by atoms with Gasteiger partial charge < -0.3 is 15.2 Å². The molecule has 7 heteroatoms. The lowest BCUT2D eigenvalue weighted by Crippen LogP contribution is -2.47. The van der Waals surface area contributed by atoms with Gasteiger partial charge in [0.1, 0.15) is 0 Å². The van der Waals surface area contributed by atoms with Gasteiger partial charge in [-0.3, -0.25) is 9.59 Å². The van der Waals surface area contributed by atoms with Crippen LogP contribution >= 0.6 is 22.6 Å². The predicted octanol–water partition coefficient (Wildman–Crippen LogP) is 1.16. The number of hydrogen-bond acceptors (Lipinski definition) is 3. The van der Waals surface area contributed by atoms with Crippen LogP contribution in [0.3, 0.4) is 0 Å². The number of likely N-dealkylation sites (tertiary alicyclic amines) is 1. The summed E-state index contributed by atoms with van der Waals surface area (Å²) in [5, 5.41) is 12.3. The average molecular weight is 400 g/mol. The second-order valence-corrected chi connectivity index (χ2v) is 6.47. The zero-order valence-electron chi connectivity index (χ0n) is 11.9. The molecule has 112 valence electrons. The summed E-state index contributed by atoms with van der Waals surface area (Å²) in [5.74, 6) is -0.530. The lowest BCUT2D eigenvalue weighted by atomic mass is 9.62. The summed E-state index contributed by atoms with van der Waals surface area (Å²) in [6.07, 6.45) is 1.71. The molecule has 2 N–H and O–H groups in total. The Morgan fingerprint density at radius 2 is 2.10 bits per heavy atom.